The highest BCUT2D eigenvalue weighted by Gasteiger charge is 2.46. The summed E-state index contributed by atoms with van der Waals surface area (Å²) in [5, 5.41) is 13.8. The zero-order valence-electron chi connectivity index (χ0n) is 9.56. The fourth-order valence-corrected chi connectivity index (χ4v) is 2.69. The number of nitrogens with zero attached hydrogens (tertiary/aromatic N) is 3. The van der Waals surface area contributed by atoms with Gasteiger partial charge in [-0.3, -0.25) is 4.79 Å². The molecule has 0 unspecified atom stereocenters. The van der Waals surface area contributed by atoms with Gasteiger partial charge in [-0.2, -0.15) is 5.10 Å². The van der Waals surface area contributed by atoms with Crippen molar-refractivity contribution in [1.29, 1.82) is 0 Å². The summed E-state index contributed by atoms with van der Waals surface area (Å²) >= 11 is 0. The maximum atomic E-state index is 11.5. The topological polar surface area (TPSA) is 77.2 Å². The molecule has 1 fully saturated rings. The van der Waals surface area contributed by atoms with Crippen molar-refractivity contribution < 1.29 is 14.6 Å². The second-order valence-electron chi connectivity index (χ2n) is 4.72. The molecule has 1 aromatic heterocycles. The maximum Gasteiger partial charge on any atom is 0.317 e. The van der Waals surface area contributed by atoms with E-state index in [0.717, 1.165) is 18.7 Å². The summed E-state index contributed by atoms with van der Waals surface area (Å²) in [6, 6.07) is 0. The Morgan fingerprint density at radius 1 is 1.41 bits per heavy atom. The number of carbonyl (C=O) groups is 1. The van der Waals surface area contributed by atoms with Gasteiger partial charge in [-0.15, -0.1) is 0 Å². The van der Waals surface area contributed by atoms with Gasteiger partial charge < -0.3 is 9.84 Å². The first kappa shape index (κ1) is 10.7. The Hall–Kier alpha value is -1.43. The highest BCUT2D eigenvalue weighted by molar-refractivity contribution is 5.80. The van der Waals surface area contributed by atoms with E-state index in [1.807, 2.05) is 0 Å². The Balaban J connectivity index is 2.01. The SMILES string of the molecule is O=C(O)C1(c2nc3n(n2)CCOC3)CCCC1. The molecule has 2 heterocycles. The van der Waals surface area contributed by atoms with Crippen LogP contribution >= 0.6 is 0 Å². The first-order valence-corrected chi connectivity index (χ1v) is 5.98. The van der Waals surface area contributed by atoms with Crippen LogP contribution in [0.5, 0.6) is 0 Å². The van der Waals surface area contributed by atoms with Gasteiger partial charge in [0, 0.05) is 0 Å². The van der Waals surface area contributed by atoms with Crippen molar-refractivity contribution in [3.05, 3.63) is 11.6 Å². The lowest BCUT2D eigenvalue weighted by molar-refractivity contribution is -0.144. The Morgan fingerprint density at radius 3 is 2.82 bits per heavy atom. The fraction of sp³-hybridized carbons (Fsp3) is 0.727. The van der Waals surface area contributed by atoms with Crippen LogP contribution in [0.2, 0.25) is 0 Å². The lowest BCUT2D eigenvalue weighted by Gasteiger charge is -2.19. The van der Waals surface area contributed by atoms with Crippen LogP contribution in [-0.2, 0) is 28.1 Å². The maximum absolute atomic E-state index is 11.5. The van der Waals surface area contributed by atoms with Gasteiger partial charge in [-0.1, -0.05) is 12.8 Å². The van der Waals surface area contributed by atoms with E-state index in [-0.39, 0.29) is 0 Å². The van der Waals surface area contributed by atoms with Crippen molar-refractivity contribution in [2.24, 2.45) is 0 Å². The summed E-state index contributed by atoms with van der Waals surface area (Å²) in [6.45, 7) is 1.72. The third-order valence-electron chi connectivity index (χ3n) is 3.72. The molecular weight excluding hydrogens is 222 g/mol. The first-order chi connectivity index (χ1) is 8.22. The van der Waals surface area contributed by atoms with Crippen molar-refractivity contribution in [1.82, 2.24) is 14.8 Å². The minimum absolute atomic E-state index is 0.433. The van der Waals surface area contributed by atoms with E-state index < -0.39 is 11.4 Å². The van der Waals surface area contributed by atoms with Crippen LogP contribution < -0.4 is 0 Å². The number of carboxylic acids is 1. The fourth-order valence-electron chi connectivity index (χ4n) is 2.69. The molecule has 92 valence electrons. The van der Waals surface area contributed by atoms with Gasteiger partial charge in [-0.25, -0.2) is 9.67 Å². The molecular formula is C11H15N3O3. The third kappa shape index (κ3) is 1.55. The molecule has 1 aliphatic carbocycles. The Kier molecular flexibility index (Phi) is 2.39. The Labute approximate surface area is 98.6 Å². The number of hydrogen-bond donors (Lipinski definition) is 1. The second-order valence-corrected chi connectivity index (χ2v) is 4.72. The predicted octanol–water partition coefficient (Wildman–Crippen LogP) is 0.705. The molecule has 6 nitrogen and oxygen atoms in total. The van der Waals surface area contributed by atoms with Crippen molar-refractivity contribution in [3.63, 3.8) is 0 Å². The van der Waals surface area contributed by atoms with E-state index in [2.05, 4.69) is 10.1 Å². The molecule has 6 heteroatoms. The van der Waals surface area contributed by atoms with Gasteiger partial charge in [-0.05, 0) is 12.8 Å². The molecule has 1 aliphatic heterocycles. The molecule has 0 bridgehead atoms. The Morgan fingerprint density at radius 2 is 2.18 bits per heavy atom. The van der Waals surface area contributed by atoms with Crippen LogP contribution in [0.1, 0.15) is 37.3 Å². The van der Waals surface area contributed by atoms with Gasteiger partial charge in [0.2, 0.25) is 0 Å². The Bertz CT molecular complexity index is 425. The summed E-state index contributed by atoms with van der Waals surface area (Å²) in [7, 11) is 0. The molecule has 3 rings (SSSR count). The zero-order valence-corrected chi connectivity index (χ0v) is 9.56. The predicted molar refractivity (Wildman–Crippen MR) is 57.5 cm³/mol. The quantitative estimate of drug-likeness (QED) is 0.819. The monoisotopic (exact) mass is 237 g/mol. The smallest absolute Gasteiger partial charge is 0.317 e. The molecule has 0 radical (unpaired) electrons. The van der Waals surface area contributed by atoms with E-state index >= 15 is 0 Å². The lowest BCUT2D eigenvalue weighted by atomic mass is 9.85. The van der Waals surface area contributed by atoms with Crippen molar-refractivity contribution in [3.8, 4) is 0 Å². The number of aromatic nitrogens is 3. The van der Waals surface area contributed by atoms with Gasteiger partial charge in [0.15, 0.2) is 11.6 Å². The van der Waals surface area contributed by atoms with Crippen LogP contribution in [-0.4, -0.2) is 32.4 Å². The minimum Gasteiger partial charge on any atom is -0.480 e. The van der Waals surface area contributed by atoms with Crippen LogP contribution in [0.4, 0.5) is 0 Å². The number of aliphatic carboxylic acids is 1. The molecule has 0 atom stereocenters. The summed E-state index contributed by atoms with van der Waals surface area (Å²) < 4.78 is 7.07. The minimum atomic E-state index is -0.857. The molecule has 1 saturated carbocycles. The molecule has 0 amide bonds. The lowest BCUT2D eigenvalue weighted by Crippen LogP contribution is -2.34. The van der Waals surface area contributed by atoms with E-state index in [0.29, 0.717) is 38.4 Å². The number of carboxylic acid groups (broad SMARTS) is 1. The van der Waals surface area contributed by atoms with Gasteiger partial charge >= 0.3 is 5.97 Å². The highest BCUT2D eigenvalue weighted by atomic mass is 16.5. The second kappa shape index (κ2) is 3.80. The number of hydrogen-bond acceptors (Lipinski definition) is 4. The van der Waals surface area contributed by atoms with Crippen LogP contribution in [0, 0.1) is 0 Å². The molecule has 0 spiro atoms. The summed E-state index contributed by atoms with van der Waals surface area (Å²) in [5.74, 6) is 0.431. The van der Waals surface area contributed by atoms with Crippen molar-refractivity contribution in [2.75, 3.05) is 6.61 Å². The molecule has 17 heavy (non-hydrogen) atoms. The molecule has 1 N–H and O–H groups in total. The zero-order chi connectivity index (χ0) is 11.9. The number of ether oxygens (including phenoxy) is 1. The van der Waals surface area contributed by atoms with Crippen LogP contribution in [0.3, 0.4) is 0 Å². The third-order valence-corrected chi connectivity index (χ3v) is 3.72. The largest absolute Gasteiger partial charge is 0.480 e. The van der Waals surface area contributed by atoms with E-state index in [9.17, 15) is 9.90 Å². The summed E-state index contributed by atoms with van der Waals surface area (Å²) in [6.07, 6.45) is 3.17. The van der Waals surface area contributed by atoms with Crippen molar-refractivity contribution >= 4 is 5.97 Å². The normalized spacial score (nSPS) is 22.4. The number of fused-ring (bicyclic) bond motifs is 1. The van der Waals surface area contributed by atoms with Crippen molar-refractivity contribution in [2.45, 2.75) is 44.2 Å². The van der Waals surface area contributed by atoms with Crippen LogP contribution in [0.15, 0.2) is 0 Å². The molecule has 1 aromatic rings. The van der Waals surface area contributed by atoms with Gasteiger partial charge in [0.25, 0.3) is 0 Å². The van der Waals surface area contributed by atoms with E-state index in [1.54, 1.807) is 4.68 Å². The first-order valence-electron chi connectivity index (χ1n) is 5.98. The van der Waals surface area contributed by atoms with Crippen LogP contribution in [0.25, 0.3) is 0 Å². The van der Waals surface area contributed by atoms with E-state index in [1.165, 1.54) is 0 Å². The van der Waals surface area contributed by atoms with Gasteiger partial charge in [0.1, 0.15) is 12.0 Å². The molecule has 0 saturated heterocycles. The van der Waals surface area contributed by atoms with E-state index in [4.69, 9.17) is 4.74 Å². The summed E-state index contributed by atoms with van der Waals surface area (Å²) in [5.41, 5.74) is -0.857. The average molecular weight is 237 g/mol. The molecule has 2 aliphatic rings. The average Bonchev–Trinajstić information content (AvgIpc) is 2.96. The molecule has 0 aromatic carbocycles. The summed E-state index contributed by atoms with van der Waals surface area (Å²) in [4.78, 5) is 15.9. The highest BCUT2D eigenvalue weighted by Crippen LogP contribution is 2.40. The van der Waals surface area contributed by atoms with Gasteiger partial charge in [0.05, 0.1) is 13.2 Å². The number of rotatable bonds is 2. The standard InChI is InChI=1S/C11H15N3O3/c15-10(16)11(3-1-2-4-11)9-12-8-7-17-6-5-14(8)13-9/h1-7H2,(H,15,16).